The molecule has 128 valence electrons. The van der Waals surface area contributed by atoms with Crippen LogP contribution in [0.15, 0.2) is 0 Å². The monoisotopic (exact) mass is 334 g/mol. The Kier molecular flexibility index (Phi) is 10.9. The summed E-state index contributed by atoms with van der Waals surface area (Å²) in [5.41, 5.74) is 0. The minimum absolute atomic E-state index is 0.258. The fourth-order valence-corrected chi connectivity index (χ4v) is 2.80. The molecule has 0 saturated carbocycles. The smallest absolute Gasteiger partial charge is 0.0656 e. The van der Waals surface area contributed by atoms with Crippen molar-refractivity contribution in [2.75, 3.05) is 0 Å². The molecule has 0 amide bonds. The van der Waals surface area contributed by atoms with Gasteiger partial charge in [0, 0.05) is 35.5 Å². The van der Waals surface area contributed by atoms with Gasteiger partial charge in [0.2, 0.25) is 0 Å². The van der Waals surface area contributed by atoms with Crippen molar-refractivity contribution in [2.45, 2.75) is 46.0 Å². The molecule has 0 aliphatic heterocycles. The van der Waals surface area contributed by atoms with Crippen LogP contribution in [-0.4, -0.2) is 0 Å². The van der Waals surface area contributed by atoms with Crippen molar-refractivity contribution in [1.29, 1.82) is 31.6 Å². The molecule has 0 heterocycles. The van der Waals surface area contributed by atoms with Crippen molar-refractivity contribution < 1.29 is 0 Å². The van der Waals surface area contributed by atoms with Crippen molar-refractivity contribution in [2.24, 2.45) is 35.5 Å². The van der Waals surface area contributed by atoms with E-state index in [-0.39, 0.29) is 11.8 Å². The molecule has 6 atom stereocenters. The number of rotatable bonds is 10. The number of hydrogen-bond acceptors (Lipinski definition) is 6. The maximum Gasteiger partial charge on any atom is 0.0656 e. The molecular formula is C19H22N6. The first-order valence-electron chi connectivity index (χ1n) is 8.31. The molecule has 0 saturated heterocycles. The minimum Gasteiger partial charge on any atom is -0.198 e. The van der Waals surface area contributed by atoms with Gasteiger partial charge in [0.1, 0.15) is 0 Å². The van der Waals surface area contributed by atoms with Crippen LogP contribution in [0.1, 0.15) is 46.0 Å². The first-order chi connectivity index (χ1) is 11.9. The Balaban J connectivity index is 4.81. The zero-order chi connectivity index (χ0) is 19.2. The fourth-order valence-electron chi connectivity index (χ4n) is 2.80. The van der Waals surface area contributed by atoms with E-state index in [4.69, 9.17) is 10.5 Å². The van der Waals surface area contributed by atoms with Crippen molar-refractivity contribution in [3.05, 3.63) is 0 Å². The first kappa shape index (κ1) is 21.9. The van der Waals surface area contributed by atoms with E-state index in [0.717, 1.165) is 0 Å². The van der Waals surface area contributed by atoms with Crippen molar-refractivity contribution in [1.82, 2.24) is 0 Å². The van der Waals surface area contributed by atoms with Crippen molar-refractivity contribution >= 4 is 0 Å². The topological polar surface area (TPSA) is 143 Å². The van der Waals surface area contributed by atoms with Crippen LogP contribution in [0.5, 0.6) is 0 Å². The molecule has 0 spiro atoms. The molecule has 0 aliphatic carbocycles. The van der Waals surface area contributed by atoms with Crippen LogP contribution in [0.25, 0.3) is 0 Å². The molecule has 0 fully saturated rings. The Morgan fingerprint density at radius 2 is 0.680 bits per heavy atom. The minimum atomic E-state index is -0.465. The molecule has 0 aromatic heterocycles. The zero-order valence-corrected chi connectivity index (χ0v) is 14.7. The van der Waals surface area contributed by atoms with E-state index in [1.165, 1.54) is 0 Å². The lowest BCUT2D eigenvalue weighted by atomic mass is 9.81. The SMILES string of the molecule is CC(C#N)CC(C#N)CC(C#N)CC(C#N)CC(C#N)CC(C)C#N. The summed E-state index contributed by atoms with van der Waals surface area (Å²) in [7, 11) is 0. The highest BCUT2D eigenvalue weighted by atomic mass is 14.4. The van der Waals surface area contributed by atoms with Crippen molar-refractivity contribution in [3.63, 3.8) is 0 Å². The molecule has 0 aliphatic rings. The maximum absolute atomic E-state index is 9.34. The van der Waals surface area contributed by atoms with Gasteiger partial charge < -0.3 is 0 Å². The third-order valence-electron chi connectivity index (χ3n) is 4.15. The Labute approximate surface area is 150 Å². The van der Waals surface area contributed by atoms with Crippen molar-refractivity contribution in [3.8, 4) is 36.4 Å². The standard InChI is InChI=1S/C19H22N6/c1-14(8-20)3-16(10-22)5-18(12-24)7-19(13-25)6-17(11-23)4-15(2)9-21/h14-19H,3-7H2,1-2H3. The van der Waals surface area contributed by atoms with Crippen LogP contribution < -0.4 is 0 Å². The van der Waals surface area contributed by atoms with Gasteiger partial charge >= 0.3 is 0 Å². The Morgan fingerprint density at radius 1 is 0.440 bits per heavy atom. The lowest BCUT2D eigenvalue weighted by molar-refractivity contribution is 0.358. The molecule has 6 nitrogen and oxygen atoms in total. The summed E-state index contributed by atoms with van der Waals surface area (Å²) >= 11 is 0. The summed E-state index contributed by atoms with van der Waals surface area (Å²) in [4.78, 5) is 0. The predicted molar refractivity (Wildman–Crippen MR) is 89.1 cm³/mol. The van der Waals surface area contributed by atoms with Crippen LogP contribution >= 0.6 is 0 Å². The van der Waals surface area contributed by atoms with E-state index in [1.807, 2.05) is 0 Å². The summed E-state index contributed by atoms with van der Waals surface area (Å²) in [6, 6.07) is 12.7. The van der Waals surface area contributed by atoms with Crippen LogP contribution in [0.2, 0.25) is 0 Å². The molecule has 0 bridgehead atoms. The molecular weight excluding hydrogens is 312 g/mol. The Morgan fingerprint density at radius 3 is 0.880 bits per heavy atom. The largest absolute Gasteiger partial charge is 0.198 e. The van der Waals surface area contributed by atoms with Gasteiger partial charge in [-0.3, -0.25) is 0 Å². The van der Waals surface area contributed by atoms with E-state index in [1.54, 1.807) is 13.8 Å². The van der Waals surface area contributed by atoms with Gasteiger partial charge in [-0.05, 0) is 46.0 Å². The molecule has 0 aromatic carbocycles. The van der Waals surface area contributed by atoms with Gasteiger partial charge in [0.15, 0.2) is 0 Å². The lowest BCUT2D eigenvalue weighted by Crippen LogP contribution is -2.15. The fraction of sp³-hybridized carbons (Fsp3) is 0.684. The average molecular weight is 334 g/mol. The summed E-state index contributed by atoms with van der Waals surface area (Å²) in [5.74, 6) is -2.24. The van der Waals surface area contributed by atoms with Gasteiger partial charge in [-0.25, -0.2) is 0 Å². The van der Waals surface area contributed by atoms with Gasteiger partial charge in [0.25, 0.3) is 0 Å². The average Bonchev–Trinajstić information content (AvgIpc) is 2.64. The van der Waals surface area contributed by atoms with Crippen LogP contribution in [-0.2, 0) is 0 Å². The Hall–Kier alpha value is -3.06. The van der Waals surface area contributed by atoms with Gasteiger partial charge in [0.05, 0.1) is 36.4 Å². The molecule has 6 heteroatoms. The van der Waals surface area contributed by atoms with E-state index >= 15 is 0 Å². The lowest BCUT2D eigenvalue weighted by Gasteiger charge is -2.19. The zero-order valence-electron chi connectivity index (χ0n) is 14.7. The number of nitriles is 6. The summed E-state index contributed by atoms with van der Waals surface area (Å²) in [6.45, 7) is 3.47. The highest BCUT2D eigenvalue weighted by Gasteiger charge is 2.24. The summed E-state index contributed by atoms with van der Waals surface area (Å²) < 4.78 is 0. The highest BCUT2D eigenvalue weighted by molar-refractivity contribution is 4.99. The quantitative estimate of drug-likeness (QED) is 0.594. The first-order valence-corrected chi connectivity index (χ1v) is 8.31. The van der Waals surface area contributed by atoms with E-state index in [2.05, 4.69) is 36.4 Å². The second-order valence-electron chi connectivity index (χ2n) is 6.54. The van der Waals surface area contributed by atoms with E-state index < -0.39 is 23.7 Å². The molecule has 6 unspecified atom stereocenters. The third-order valence-corrected chi connectivity index (χ3v) is 4.15. The van der Waals surface area contributed by atoms with Gasteiger partial charge in [-0.2, -0.15) is 31.6 Å². The van der Waals surface area contributed by atoms with Gasteiger partial charge in [-0.15, -0.1) is 0 Å². The Bertz CT molecular complexity index is 599. The van der Waals surface area contributed by atoms with Gasteiger partial charge in [-0.1, -0.05) is 0 Å². The summed E-state index contributed by atoms with van der Waals surface area (Å²) in [6.07, 6.45) is 1.75. The highest BCUT2D eigenvalue weighted by Crippen LogP contribution is 2.28. The second kappa shape index (κ2) is 12.4. The normalized spacial score (nSPS) is 16.8. The van der Waals surface area contributed by atoms with E-state index in [9.17, 15) is 21.0 Å². The molecule has 25 heavy (non-hydrogen) atoms. The third kappa shape index (κ3) is 8.97. The van der Waals surface area contributed by atoms with Crippen LogP contribution in [0.3, 0.4) is 0 Å². The molecule has 0 aromatic rings. The molecule has 0 rings (SSSR count). The number of hydrogen-bond donors (Lipinski definition) is 0. The second-order valence-corrected chi connectivity index (χ2v) is 6.54. The number of nitrogens with zero attached hydrogens (tertiary/aromatic N) is 6. The predicted octanol–water partition coefficient (Wildman–Crippen LogP) is 3.82. The van der Waals surface area contributed by atoms with Crippen LogP contribution in [0, 0.1) is 103 Å². The van der Waals surface area contributed by atoms with Crippen LogP contribution in [0.4, 0.5) is 0 Å². The molecule has 0 radical (unpaired) electrons. The molecule has 0 N–H and O–H groups in total. The maximum atomic E-state index is 9.34. The summed E-state index contributed by atoms with van der Waals surface area (Å²) in [5, 5.41) is 54.8. The van der Waals surface area contributed by atoms with E-state index in [0.29, 0.717) is 32.1 Å².